The molecule has 0 unspecified atom stereocenters. The van der Waals surface area contributed by atoms with E-state index in [2.05, 4.69) is 21.9 Å². The zero-order valence-electron chi connectivity index (χ0n) is 16.6. The van der Waals surface area contributed by atoms with Gasteiger partial charge < -0.3 is 9.80 Å². The smallest absolute Gasteiger partial charge is 0.227 e. The molecule has 4 rings (SSSR count). The molecule has 0 N–H and O–H groups in total. The van der Waals surface area contributed by atoms with E-state index in [1.54, 1.807) is 0 Å². The summed E-state index contributed by atoms with van der Waals surface area (Å²) in [6.07, 6.45) is 2.04. The third-order valence-corrected chi connectivity index (χ3v) is 6.58. The number of benzene rings is 2. The molecule has 2 aliphatic rings. The van der Waals surface area contributed by atoms with Gasteiger partial charge in [-0.3, -0.25) is 9.69 Å². The maximum absolute atomic E-state index is 13.1. The molecular weight excluding hydrogens is 405 g/mol. The van der Waals surface area contributed by atoms with Gasteiger partial charge in [-0.2, -0.15) is 0 Å². The van der Waals surface area contributed by atoms with Gasteiger partial charge in [-0.1, -0.05) is 47.5 Å². The van der Waals surface area contributed by atoms with E-state index in [9.17, 15) is 4.79 Å². The molecule has 1 amide bonds. The standard InChI is InChI=1S/C23H27Cl2N3O/c24-20-7-3-8-21(15-20)27-11-13-28(14-12-27)23(29)19-6-4-10-26(17-19)16-18-5-1-2-9-22(18)25/h1-3,5,7-9,15,19H,4,6,10-14,16-17H2/t19-/m0/s1. The lowest BCUT2D eigenvalue weighted by molar-refractivity contribution is -0.137. The third kappa shape index (κ3) is 5.06. The summed E-state index contributed by atoms with van der Waals surface area (Å²) in [5, 5.41) is 1.56. The van der Waals surface area contributed by atoms with Crippen molar-refractivity contribution in [2.75, 3.05) is 44.2 Å². The second-order valence-corrected chi connectivity index (χ2v) is 8.80. The van der Waals surface area contributed by atoms with Crippen LogP contribution in [0.3, 0.4) is 0 Å². The van der Waals surface area contributed by atoms with Crippen LogP contribution in [0.25, 0.3) is 0 Å². The highest BCUT2D eigenvalue weighted by Crippen LogP contribution is 2.25. The molecule has 0 saturated carbocycles. The molecule has 0 aliphatic carbocycles. The van der Waals surface area contributed by atoms with Gasteiger partial charge in [0.15, 0.2) is 0 Å². The summed E-state index contributed by atoms with van der Waals surface area (Å²) >= 11 is 12.4. The van der Waals surface area contributed by atoms with Crippen LogP contribution in [-0.2, 0) is 11.3 Å². The van der Waals surface area contributed by atoms with E-state index in [1.165, 1.54) is 0 Å². The number of piperidine rings is 1. The number of carbonyl (C=O) groups is 1. The molecule has 6 heteroatoms. The molecule has 2 fully saturated rings. The molecule has 0 radical (unpaired) electrons. The van der Waals surface area contributed by atoms with Crippen LogP contribution in [-0.4, -0.2) is 55.0 Å². The Morgan fingerprint density at radius 3 is 2.52 bits per heavy atom. The zero-order valence-corrected chi connectivity index (χ0v) is 18.1. The Balaban J connectivity index is 1.32. The molecule has 2 heterocycles. The second kappa shape index (κ2) is 9.38. The SMILES string of the molecule is O=C([C@H]1CCCN(Cc2ccccc2Cl)C1)N1CCN(c2cccc(Cl)c2)CC1. The van der Waals surface area contributed by atoms with E-state index in [0.717, 1.165) is 80.0 Å². The fourth-order valence-electron chi connectivity index (χ4n) is 4.38. The fourth-order valence-corrected chi connectivity index (χ4v) is 4.76. The van der Waals surface area contributed by atoms with Crippen LogP contribution in [0.5, 0.6) is 0 Å². The predicted molar refractivity (Wildman–Crippen MR) is 120 cm³/mol. The monoisotopic (exact) mass is 431 g/mol. The molecule has 1 atom stereocenters. The number of anilines is 1. The van der Waals surface area contributed by atoms with Gasteiger partial charge >= 0.3 is 0 Å². The number of hydrogen-bond donors (Lipinski definition) is 0. The molecule has 4 nitrogen and oxygen atoms in total. The van der Waals surface area contributed by atoms with E-state index in [4.69, 9.17) is 23.2 Å². The first-order chi connectivity index (χ1) is 14.1. The van der Waals surface area contributed by atoms with Crippen LogP contribution in [0.4, 0.5) is 5.69 Å². The van der Waals surface area contributed by atoms with Gasteiger partial charge in [-0.25, -0.2) is 0 Å². The quantitative estimate of drug-likeness (QED) is 0.709. The molecule has 0 aromatic heterocycles. The van der Waals surface area contributed by atoms with E-state index < -0.39 is 0 Å². The van der Waals surface area contributed by atoms with Crippen LogP contribution in [0.2, 0.25) is 10.0 Å². The van der Waals surface area contributed by atoms with Gasteiger partial charge in [0.1, 0.15) is 0 Å². The van der Waals surface area contributed by atoms with Gasteiger partial charge in [-0.15, -0.1) is 0 Å². The first-order valence-corrected chi connectivity index (χ1v) is 11.1. The molecule has 2 aromatic carbocycles. The summed E-state index contributed by atoms with van der Waals surface area (Å²) in [6, 6.07) is 15.9. The molecule has 2 saturated heterocycles. The Hall–Kier alpha value is -1.75. The van der Waals surface area contributed by atoms with Gasteiger partial charge in [0.05, 0.1) is 5.92 Å². The lowest BCUT2D eigenvalue weighted by atomic mass is 9.95. The van der Waals surface area contributed by atoms with Crippen LogP contribution >= 0.6 is 23.2 Å². The second-order valence-electron chi connectivity index (χ2n) is 7.96. The highest BCUT2D eigenvalue weighted by atomic mass is 35.5. The highest BCUT2D eigenvalue weighted by Gasteiger charge is 2.31. The number of halogens is 2. The topological polar surface area (TPSA) is 26.8 Å². The van der Waals surface area contributed by atoms with Crippen LogP contribution in [0.1, 0.15) is 18.4 Å². The third-order valence-electron chi connectivity index (χ3n) is 5.97. The Kier molecular flexibility index (Phi) is 6.63. The largest absolute Gasteiger partial charge is 0.368 e. The number of piperazine rings is 1. The maximum atomic E-state index is 13.1. The summed E-state index contributed by atoms with van der Waals surface area (Å²) in [5.41, 5.74) is 2.27. The molecule has 2 aliphatic heterocycles. The van der Waals surface area contributed by atoms with Gasteiger partial charge in [0, 0.05) is 55.0 Å². The lowest BCUT2D eigenvalue weighted by Gasteiger charge is -2.39. The fraction of sp³-hybridized carbons (Fsp3) is 0.435. The normalized spacial score (nSPS) is 20.7. The van der Waals surface area contributed by atoms with Crippen LogP contribution < -0.4 is 4.90 Å². The van der Waals surface area contributed by atoms with E-state index in [-0.39, 0.29) is 5.92 Å². The van der Waals surface area contributed by atoms with Crippen molar-refractivity contribution in [2.45, 2.75) is 19.4 Å². The molecule has 0 bridgehead atoms. The minimum absolute atomic E-state index is 0.0870. The molecule has 0 spiro atoms. The average Bonchev–Trinajstić information content (AvgIpc) is 2.75. The minimum Gasteiger partial charge on any atom is -0.368 e. The number of rotatable bonds is 4. The van der Waals surface area contributed by atoms with Crippen molar-refractivity contribution in [1.29, 1.82) is 0 Å². The minimum atomic E-state index is 0.0870. The van der Waals surface area contributed by atoms with E-state index >= 15 is 0 Å². The summed E-state index contributed by atoms with van der Waals surface area (Å²) < 4.78 is 0. The molecule has 154 valence electrons. The summed E-state index contributed by atoms with van der Waals surface area (Å²) in [7, 11) is 0. The van der Waals surface area contributed by atoms with Crippen molar-refractivity contribution in [3.05, 3.63) is 64.1 Å². The maximum Gasteiger partial charge on any atom is 0.227 e. The number of nitrogens with zero attached hydrogens (tertiary/aromatic N) is 3. The first-order valence-electron chi connectivity index (χ1n) is 10.4. The summed E-state index contributed by atoms with van der Waals surface area (Å²) in [4.78, 5) is 19.9. The van der Waals surface area contributed by atoms with Crippen molar-refractivity contribution in [1.82, 2.24) is 9.80 Å². The molecular formula is C23H27Cl2N3O. The molecule has 29 heavy (non-hydrogen) atoms. The Morgan fingerprint density at radius 1 is 0.966 bits per heavy atom. The average molecular weight is 432 g/mol. The van der Waals surface area contributed by atoms with Gasteiger partial charge in [0.2, 0.25) is 5.91 Å². The van der Waals surface area contributed by atoms with Crippen molar-refractivity contribution >= 4 is 34.8 Å². The number of carbonyl (C=O) groups excluding carboxylic acids is 1. The van der Waals surface area contributed by atoms with Gasteiger partial charge in [-0.05, 0) is 49.2 Å². The van der Waals surface area contributed by atoms with E-state index in [0.29, 0.717) is 5.91 Å². The van der Waals surface area contributed by atoms with E-state index in [1.807, 2.05) is 41.3 Å². The Morgan fingerprint density at radius 2 is 1.76 bits per heavy atom. The zero-order chi connectivity index (χ0) is 20.2. The van der Waals surface area contributed by atoms with Crippen molar-refractivity contribution < 1.29 is 4.79 Å². The van der Waals surface area contributed by atoms with Gasteiger partial charge in [0.25, 0.3) is 0 Å². The summed E-state index contributed by atoms with van der Waals surface area (Å²) in [6.45, 7) is 5.89. The highest BCUT2D eigenvalue weighted by molar-refractivity contribution is 6.31. The Labute approximate surface area is 183 Å². The molecule has 2 aromatic rings. The predicted octanol–water partition coefficient (Wildman–Crippen LogP) is 4.55. The van der Waals surface area contributed by atoms with Crippen LogP contribution in [0.15, 0.2) is 48.5 Å². The van der Waals surface area contributed by atoms with Crippen molar-refractivity contribution in [2.24, 2.45) is 5.92 Å². The number of likely N-dealkylation sites (tertiary alicyclic amines) is 1. The Bertz CT molecular complexity index is 852. The van der Waals surface area contributed by atoms with Crippen molar-refractivity contribution in [3.8, 4) is 0 Å². The summed E-state index contributed by atoms with van der Waals surface area (Å²) in [5.74, 6) is 0.392. The van der Waals surface area contributed by atoms with Crippen LogP contribution in [0, 0.1) is 5.92 Å². The number of amides is 1. The lowest BCUT2D eigenvalue weighted by Crippen LogP contribution is -2.52. The number of hydrogen-bond acceptors (Lipinski definition) is 3. The first kappa shape index (κ1) is 20.5. The van der Waals surface area contributed by atoms with Crippen molar-refractivity contribution in [3.63, 3.8) is 0 Å².